The Labute approximate surface area is 154 Å². The zero-order valence-corrected chi connectivity index (χ0v) is 15.4. The van der Waals surface area contributed by atoms with Crippen molar-refractivity contribution in [3.8, 4) is 5.75 Å². The first kappa shape index (κ1) is 16.9. The summed E-state index contributed by atoms with van der Waals surface area (Å²) in [4.78, 5) is 8.76. The number of nitrogens with zero attached hydrogens (tertiary/aromatic N) is 3. The Balaban J connectivity index is 1.40. The Morgan fingerprint density at radius 3 is 2.80 bits per heavy atom. The normalized spacial score (nSPS) is 23.3. The van der Waals surface area contributed by atoms with Gasteiger partial charge in [-0.2, -0.15) is 5.10 Å². The molecule has 25 heavy (non-hydrogen) atoms. The molecule has 7 nitrogen and oxygen atoms in total. The van der Waals surface area contributed by atoms with E-state index in [1.807, 2.05) is 6.07 Å². The lowest BCUT2D eigenvalue weighted by Crippen LogP contribution is -2.35. The van der Waals surface area contributed by atoms with Crippen molar-refractivity contribution in [2.75, 3.05) is 19.8 Å². The third-order valence-electron chi connectivity index (χ3n) is 4.60. The highest BCUT2D eigenvalue weighted by Crippen LogP contribution is 2.48. The second-order valence-electron chi connectivity index (χ2n) is 6.88. The summed E-state index contributed by atoms with van der Waals surface area (Å²) in [6, 6.07) is 1.88. The molecule has 0 aromatic carbocycles. The molecule has 2 saturated carbocycles. The quantitative estimate of drug-likeness (QED) is 0.442. The molecular weight excluding hydrogens is 388 g/mol. The van der Waals surface area contributed by atoms with Crippen LogP contribution in [0, 0.1) is 5.41 Å². The van der Waals surface area contributed by atoms with E-state index in [9.17, 15) is 0 Å². The van der Waals surface area contributed by atoms with Gasteiger partial charge in [-0.25, -0.2) is 4.98 Å². The van der Waals surface area contributed by atoms with Crippen LogP contribution in [0.3, 0.4) is 0 Å². The van der Waals surface area contributed by atoms with Crippen molar-refractivity contribution in [2.45, 2.75) is 38.1 Å². The van der Waals surface area contributed by atoms with Gasteiger partial charge in [-0.05, 0) is 47.7 Å². The van der Waals surface area contributed by atoms with E-state index in [1.54, 1.807) is 12.4 Å². The lowest BCUT2D eigenvalue weighted by atomic mass is 10.1. The Hall–Kier alpha value is -1.51. The third-order valence-corrected chi connectivity index (χ3v) is 5.03. The second kappa shape index (κ2) is 7.01. The zero-order valence-electron chi connectivity index (χ0n) is 13.9. The minimum Gasteiger partial charge on any atom is -0.488 e. The molecule has 0 amide bonds. The van der Waals surface area contributed by atoms with Crippen LogP contribution in [0.5, 0.6) is 5.75 Å². The van der Waals surface area contributed by atoms with Gasteiger partial charge in [0.15, 0.2) is 6.29 Å². The van der Waals surface area contributed by atoms with Crippen LogP contribution in [-0.4, -0.2) is 49.1 Å². The van der Waals surface area contributed by atoms with Crippen LogP contribution in [-0.2, 0) is 9.47 Å². The summed E-state index contributed by atoms with van der Waals surface area (Å²) in [7, 11) is 0. The number of pyridine rings is 1. The summed E-state index contributed by atoms with van der Waals surface area (Å²) in [6.45, 7) is 1.93. The monoisotopic (exact) mass is 408 g/mol. The van der Waals surface area contributed by atoms with Crippen molar-refractivity contribution in [1.29, 1.82) is 0 Å². The van der Waals surface area contributed by atoms with Crippen LogP contribution in [0.1, 0.15) is 31.4 Å². The molecule has 0 bridgehead atoms. The minimum atomic E-state index is -0.304. The lowest BCUT2D eigenvalue weighted by Gasteiger charge is -2.28. The van der Waals surface area contributed by atoms with Crippen molar-refractivity contribution < 1.29 is 14.2 Å². The number of hydrogen-bond acceptors (Lipinski definition) is 7. The van der Waals surface area contributed by atoms with Crippen LogP contribution >= 0.6 is 15.9 Å². The Morgan fingerprint density at radius 2 is 2.16 bits per heavy atom. The maximum atomic E-state index is 5.91. The fourth-order valence-corrected chi connectivity index (χ4v) is 2.96. The average Bonchev–Trinajstić information content (AvgIpc) is 3.53. The Kier molecular flexibility index (Phi) is 4.75. The highest BCUT2D eigenvalue weighted by Gasteiger charge is 2.46. The summed E-state index contributed by atoms with van der Waals surface area (Å²) < 4.78 is 18.2. The van der Waals surface area contributed by atoms with Gasteiger partial charge in [-0.15, -0.1) is 0 Å². The van der Waals surface area contributed by atoms with Gasteiger partial charge in [0, 0.05) is 16.1 Å². The topological polar surface area (TPSA) is 91.3 Å². The van der Waals surface area contributed by atoms with Crippen molar-refractivity contribution in [3.63, 3.8) is 0 Å². The molecule has 8 heteroatoms. The van der Waals surface area contributed by atoms with E-state index in [1.165, 1.54) is 12.8 Å². The van der Waals surface area contributed by atoms with Gasteiger partial charge in [0.05, 0.1) is 32.1 Å². The molecule has 0 radical (unpaired) electrons. The zero-order chi connectivity index (χ0) is 17.3. The highest BCUT2D eigenvalue weighted by molar-refractivity contribution is 9.10. The molecule has 1 saturated heterocycles. The molecule has 4 rings (SSSR count). The molecule has 1 aliphatic heterocycles. The minimum absolute atomic E-state index is 0.254. The van der Waals surface area contributed by atoms with Crippen molar-refractivity contribution in [3.05, 3.63) is 22.4 Å². The smallest absolute Gasteiger partial charge is 0.176 e. The van der Waals surface area contributed by atoms with E-state index in [2.05, 4.69) is 31.0 Å². The van der Waals surface area contributed by atoms with Gasteiger partial charge in [-0.3, -0.25) is 4.99 Å². The second-order valence-corrected chi connectivity index (χ2v) is 7.79. The molecule has 2 heterocycles. The van der Waals surface area contributed by atoms with Gasteiger partial charge in [0.25, 0.3) is 0 Å². The average molecular weight is 409 g/mol. The van der Waals surface area contributed by atoms with Crippen molar-refractivity contribution in [2.24, 2.45) is 21.4 Å². The van der Waals surface area contributed by atoms with Crippen LogP contribution in [0.4, 0.5) is 0 Å². The molecular formula is C17H21BrN4O3. The van der Waals surface area contributed by atoms with Crippen LogP contribution < -0.4 is 10.6 Å². The first-order valence-electron chi connectivity index (χ1n) is 8.51. The fourth-order valence-electron chi connectivity index (χ4n) is 2.65. The number of halogens is 1. The predicted octanol–water partition coefficient (Wildman–Crippen LogP) is 2.27. The number of ether oxygens (including phenoxy) is 3. The number of hydrogen-bond donors (Lipinski definition) is 1. The standard InChI is InChI=1S/C17H21BrN4O3/c18-11-5-14(25-12-1-2-12)16(21-6-11)13(22-19)7-20-8-15-23-9-17(3-4-17)10-24-15/h5-7,12,15H,1-4,8-10,19H2/b20-7?,22-13+. The third kappa shape index (κ3) is 4.19. The largest absolute Gasteiger partial charge is 0.488 e. The molecule has 134 valence electrons. The molecule has 1 spiro atoms. The first-order valence-corrected chi connectivity index (χ1v) is 9.30. The van der Waals surface area contributed by atoms with E-state index in [0.29, 0.717) is 29.1 Å². The molecule has 2 aliphatic carbocycles. The molecule has 0 atom stereocenters. The van der Waals surface area contributed by atoms with Crippen LogP contribution in [0.25, 0.3) is 0 Å². The summed E-state index contributed by atoms with van der Waals surface area (Å²) in [5, 5.41) is 3.82. The number of aromatic nitrogens is 1. The van der Waals surface area contributed by atoms with E-state index in [-0.39, 0.29) is 12.4 Å². The Bertz CT molecular complexity index is 691. The van der Waals surface area contributed by atoms with Crippen LogP contribution in [0.15, 0.2) is 26.8 Å². The maximum Gasteiger partial charge on any atom is 0.176 e. The molecule has 3 aliphatic rings. The molecule has 1 aromatic heterocycles. The van der Waals surface area contributed by atoms with E-state index in [0.717, 1.165) is 30.5 Å². The molecule has 3 fully saturated rings. The van der Waals surface area contributed by atoms with Crippen molar-refractivity contribution in [1.82, 2.24) is 4.98 Å². The highest BCUT2D eigenvalue weighted by atomic mass is 79.9. The van der Waals surface area contributed by atoms with E-state index in [4.69, 9.17) is 20.1 Å². The number of hydrazone groups is 1. The maximum absolute atomic E-state index is 5.91. The van der Waals surface area contributed by atoms with Gasteiger partial charge in [-0.1, -0.05) is 0 Å². The van der Waals surface area contributed by atoms with E-state index < -0.39 is 0 Å². The van der Waals surface area contributed by atoms with E-state index >= 15 is 0 Å². The van der Waals surface area contributed by atoms with Crippen LogP contribution in [0.2, 0.25) is 0 Å². The van der Waals surface area contributed by atoms with Gasteiger partial charge < -0.3 is 20.1 Å². The van der Waals surface area contributed by atoms with Crippen molar-refractivity contribution >= 4 is 27.9 Å². The summed E-state index contributed by atoms with van der Waals surface area (Å²) in [6.07, 6.45) is 7.77. The fraction of sp³-hybridized carbons (Fsp3) is 0.588. The molecule has 2 N–H and O–H groups in total. The van der Waals surface area contributed by atoms with Gasteiger partial charge >= 0.3 is 0 Å². The lowest BCUT2D eigenvalue weighted by molar-refractivity contribution is -0.201. The summed E-state index contributed by atoms with van der Waals surface area (Å²) in [5.41, 5.74) is 1.35. The predicted molar refractivity (Wildman–Crippen MR) is 97.0 cm³/mol. The summed E-state index contributed by atoms with van der Waals surface area (Å²) in [5.74, 6) is 6.21. The van der Waals surface area contributed by atoms with Gasteiger partial charge in [0.1, 0.15) is 17.2 Å². The number of aliphatic imine (C=N–C) groups is 1. The number of nitrogens with two attached hydrogens (primary N) is 1. The SMILES string of the molecule is N/N=C(\C=NCC1OCC2(CC2)CO1)c1ncc(Br)cc1OC1CC1. The number of rotatable bonds is 6. The molecule has 1 aromatic rings. The summed E-state index contributed by atoms with van der Waals surface area (Å²) >= 11 is 3.42. The molecule has 0 unspecified atom stereocenters. The first-order chi connectivity index (χ1) is 12.2. The Morgan fingerprint density at radius 1 is 1.40 bits per heavy atom. The van der Waals surface area contributed by atoms with Gasteiger partial charge in [0.2, 0.25) is 0 Å².